The molecule has 0 saturated carbocycles. The van der Waals surface area contributed by atoms with Crippen LogP contribution in [0.1, 0.15) is 0 Å². The van der Waals surface area contributed by atoms with Crippen molar-refractivity contribution in [3.63, 3.8) is 0 Å². The number of aromatic amines is 1. The van der Waals surface area contributed by atoms with Crippen LogP contribution < -0.4 is 5.56 Å². The smallest absolute Gasteiger partial charge is 0.248 e. The van der Waals surface area contributed by atoms with Gasteiger partial charge in [0.05, 0.1) is 5.55 Å². The quantitative estimate of drug-likeness (QED) is 0.484. The average Bonchev–Trinajstić information content (AvgIpc) is 2.30. The summed E-state index contributed by atoms with van der Waals surface area (Å²) in [6.07, 6.45) is 1.64. The number of H-pyrrole nitrogens is 1. The Morgan fingerprint density at radius 2 is 1.88 bits per heavy atom. The average molecular weight is 230 g/mol. The Bertz CT molecular complexity index is 545. The molecule has 0 bridgehead atoms. The summed E-state index contributed by atoms with van der Waals surface area (Å²) in [5, 5.41) is 6.98. The molecule has 1 heterocycles. The van der Waals surface area contributed by atoms with Gasteiger partial charge in [-0.1, -0.05) is 23.9 Å². The normalized spacial score (nSPS) is 10.0. The molecule has 0 amide bonds. The van der Waals surface area contributed by atoms with Gasteiger partial charge in [-0.25, -0.2) is 0 Å². The maximum atomic E-state index is 11.1. The number of hydrogen-bond donors (Lipinski definition) is 2. The SMILES string of the molecule is N=CSc1ccc(-c2cc[nH]c(=O)c2)cc1. The maximum absolute atomic E-state index is 11.1. The molecular formula is C12H10N2OS. The summed E-state index contributed by atoms with van der Waals surface area (Å²) in [6.45, 7) is 0. The Labute approximate surface area is 97.0 Å². The zero-order valence-corrected chi connectivity index (χ0v) is 9.25. The van der Waals surface area contributed by atoms with Crippen LogP contribution in [0, 0.1) is 5.41 Å². The molecule has 0 atom stereocenters. The highest BCUT2D eigenvalue weighted by Crippen LogP contribution is 2.21. The number of benzene rings is 1. The highest BCUT2D eigenvalue weighted by Gasteiger charge is 1.98. The van der Waals surface area contributed by atoms with Gasteiger partial charge in [-0.05, 0) is 29.3 Å². The third-order valence-corrected chi connectivity index (χ3v) is 2.82. The Balaban J connectivity index is 2.34. The second-order valence-corrected chi connectivity index (χ2v) is 4.14. The summed E-state index contributed by atoms with van der Waals surface area (Å²) >= 11 is 1.36. The molecule has 0 aliphatic carbocycles. The van der Waals surface area contributed by atoms with Crippen LogP contribution in [0.15, 0.2) is 52.3 Å². The molecule has 1 aromatic heterocycles. The number of thioether (sulfide) groups is 1. The standard InChI is InChI=1S/C12H10N2OS/c13-8-16-11-3-1-9(2-4-11)10-5-6-14-12(15)7-10/h1-8,13H,(H,14,15). The minimum Gasteiger partial charge on any atom is -0.329 e. The zero-order valence-electron chi connectivity index (χ0n) is 8.44. The van der Waals surface area contributed by atoms with Crippen LogP contribution in [0.4, 0.5) is 0 Å². The predicted molar refractivity (Wildman–Crippen MR) is 67.1 cm³/mol. The van der Waals surface area contributed by atoms with Crippen LogP contribution in [0.25, 0.3) is 11.1 Å². The minimum atomic E-state index is -0.101. The topological polar surface area (TPSA) is 56.7 Å². The molecule has 2 rings (SSSR count). The molecule has 80 valence electrons. The molecule has 4 heteroatoms. The first-order valence-corrected chi connectivity index (χ1v) is 5.62. The largest absolute Gasteiger partial charge is 0.329 e. The molecule has 0 radical (unpaired) electrons. The van der Waals surface area contributed by atoms with E-state index < -0.39 is 0 Å². The van der Waals surface area contributed by atoms with E-state index >= 15 is 0 Å². The molecule has 0 aliphatic rings. The Morgan fingerprint density at radius 3 is 2.50 bits per heavy atom. The van der Waals surface area contributed by atoms with Gasteiger partial charge >= 0.3 is 0 Å². The fraction of sp³-hybridized carbons (Fsp3) is 0. The Hall–Kier alpha value is -1.81. The van der Waals surface area contributed by atoms with Crippen molar-refractivity contribution >= 4 is 17.3 Å². The lowest BCUT2D eigenvalue weighted by atomic mass is 10.1. The van der Waals surface area contributed by atoms with Crippen LogP contribution in [-0.2, 0) is 0 Å². The summed E-state index contributed by atoms with van der Waals surface area (Å²) in [5.74, 6) is 0. The fourth-order valence-electron chi connectivity index (χ4n) is 1.42. The van der Waals surface area contributed by atoms with Gasteiger partial charge in [-0.15, -0.1) is 0 Å². The molecule has 2 N–H and O–H groups in total. The summed E-state index contributed by atoms with van der Waals surface area (Å²) in [5.41, 5.74) is 3.09. The molecule has 0 saturated heterocycles. The van der Waals surface area contributed by atoms with Gasteiger partial charge in [0.25, 0.3) is 0 Å². The van der Waals surface area contributed by atoms with Crippen molar-refractivity contribution < 1.29 is 0 Å². The molecule has 16 heavy (non-hydrogen) atoms. The second kappa shape index (κ2) is 4.81. The number of hydrogen-bond acceptors (Lipinski definition) is 3. The van der Waals surface area contributed by atoms with Crippen molar-refractivity contribution in [3.05, 3.63) is 52.9 Å². The first-order valence-electron chi connectivity index (χ1n) is 4.74. The van der Waals surface area contributed by atoms with Crippen molar-refractivity contribution in [2.24, 2.45) is 0 Å². The van der Waals surface area contributed by atoms with Crippen molar-refractivity contribution in [2.75, 3.05) is 0 Å². The molecule has 3 nitrogen and oxygen atoms in total. The van der Waals surface area contributed by atoms with E-state index in [4.69, 9.17) is 5.41 Å². The van der Waals surface area contributed by atoms with Crippen molar-refractivity contribution in [3.8, 4) is 11.1 Å². The van der Waals surface area contributed by atoms with Gasteiger partial charge in [0, 0.05) is 17.2 Å². The lowest BCUT2D eigenvalue weighted by molar-refractivity contribution is 1.24. The highest BCUT2D eigenvalue weighted by molar-refractivity contribution is 8.12. The summed E-state index contributed by atoms with van der Waals surface area (Å²) in [7, 11) is 0. The fourth-order valence-corrected chi connectivity index (χ4v) is 1.85. The van der Waals surface area contributed by atoms with Crippen LogP contribution in [0.3, 0.4) is 0 Å². The van der Waals surface area contributed by atoms with E-state index in [1.54, 1.807) is 12.3 Å². The minimum absolute atomic E-state index is 0.101. The third kappa shape index (κ3) is 2.41. The van der Waals surface area contributed by atoms with Crippen LogP contribution >= 0.6 is 11.8 Å². The molecule has 2 aromatic rings. The van der Waals surface area contributed by atoms with Crippen LogP contribution in [0.5, 0.6) is 0 Å². The van der Waals surface area contributed by atoms with Gasteiger partial charge in [0.15, 0.2) is 0 Å². The van der Waals surface area contributed by atoms with E-state index in [9.17, 15) is 4.79 Å². The molecule has 1 aromatic carbocycles. The van der Waals surface area contributed by atoms with E-state index in [2.05, 4.69) is 4.98 Å². The monoisotopic (exact) mass is 230 g/mol. The molecule has 0 unspecified atom stereocenters. The lowest BCUT2D eigenvalue weighted by Crippen LogP contribution is -2.01. The highest BCUT2D eigenvalue weighted by atomic mass is 32.2. The summed E-state index contributed by atoms with van der Waals surface area (Å²) in [4.78, 5) is 14.7. The predicted octanol–water partition coefficient (Wildman–Crippen LogP) is 2.74. The lowest BCUT2D eigenvalue weighted by Gasteiger charge is -2.01. The summed E-state index contributed by atoms with van der Waals surface area (Å²) in [6, 6.07) is 11.2. The van der Waals surface area contributed by atoms with E-state index in [-0.39, 0.29) is 5.56 Å². The van der Waals surface area contributed by atoms with Gasteiger partial charge < -0.3 is 10.4 Å². The number of pyridine rings is 1. The van der Waals surface area contributed by atoms with Crippen molar-refractivity contribution in [2.45, 2.75) is 4.90 Å². The number of aromatic nitrogens is 1. The van der Waals surface area contributed by atoms with E-state index in [0.717, 1.165) is 16.0 Å². The van der Waals surface area contributed by atoms with Crippen LogP contribution in [0.2, 0.25) is 0 Å². The van der Waals surface area contributed by atoms with Crippen molar-refractivity contribution in [1.29, 1.82) is 5.41 Å². The second-order valence-electron chi connectivity index (χ2n) is 3.20. The van der Waals surface area contributed by atoms with Gasteiger partial charge in [0.1, 0.15) is 0 Å². The molecule has 0 spiro atoms. The Morgan fingerprint density at radius 1 is 1.12 bits per heavy atom. The van der Waals surface area contributed by atoms with Gasteiger partial charge in [-0.2, -0.15) is 0 Å². The first kappa shape index (κ1) is 10.7. The Kier molecular flexibility index (Phi) is 3.22. The van der Waals surface area contributed by atoms with E-state index in [1.165, 1.54) is 17.3 Å². The van der Waals surface area contributed by atoms with Gasteiger partial charge in [0.2, 0.25) is 5.56 Å². The van der Waals surface area contributed by atoms with Crippen molar-refractivity contribution in [1.82, 2.24) is 4.98 Å². The third-order valence-electron chi connectivity index (χ3n) is 2.16. The summed E-state index contributed by atoms with van der Waals surface area (Å²) < 4.78 is 0. The van der Waals surface area contributed by atoms with E-state index in [1.807, 2.05) is 30.3 Å². The van der Waals surface area contributed by atoms with E-state index in [0.29, 0.717) is 0 Å². The zero-order chi connectivity index (χ0) is 11.4. The first-order chi connectivity index (χ1) is 7.79. The maximum Gasteiger partial charge on any atom is 0.248 e. The van der Waals surface area contributed by atoms with Gasteiger partial charge in [-0.3, -0.25) is 4.79 Å². The number of rotatable bonds is 3. The molecule has 0 fully saturated rings. The molecule has 0 aliphatic heterocycles. The molecular weight excluding hydrogens is 220 g/mol. The van der Waals surface area contributed by atoms with Crippen LogP contribution in [-0.4, -0.2) is 10.5 Å². The number of nitrogens with one attached hydrogen (secondary N) is 2.